The summed E-state index contributed by atoms with van der Waals surface area (Å²) >= 11 is 1.55. The summed E-state index contributed by atoms with van der Waals surface area (Å²) in [6.07, 6.45) is 0.752. The van der Waals surface area contributed by atoms with E-state index in [0.29, 0.717) is 6.54 Å². The molecule has 1 rings (SSSR count). The van der Waals surface area contributed by atoms with Gasteiger partial charge in [0, 0.05) is 5.38 Å². The topological polar surface area (TPSA) is 85.4 Å². The first-order valence-electron chi connectivity index (χ1n) is 4.42. The van der Waals surface area contributed by atoms with Crippen molar-refractivity contribution in [1.29, 1.82) is 0 Å². The Balaban J connectivity index is 0.000000673. The van der Waals surface area contributed by atoms with Crippen LogP contribution in [0.1, 0.15) is 17.6 Å². The quantitative estimate of drug-likeness (QED) is 0.856. The molecule has 1 aromatic rings. The van der Waals surface area contributed by atoms with E-state index in [-0.39, 0.29) is 6.15 Å². The molecule has 1 heterocycles. The minimum absolute atomic E-state index is 0.250. The highest BCUT2D eigenvalue weighted by Gasteiger charge is 2.02. The number of hydrogen-bond donors (Lipinski definition) is 1. The Morgan fingerprint density at radius 3 is 2.69 bits per heavy atom. The lowest BCUT2D eigenvalue weighted by molar-refractivity contribution is -0.191. The summed E-state index contributed by atoms with van der Waals surface area (Å²) in [7, 11) is 1.34. The average Bonchev–Trinajstić information content (AvgIpc) is 2.75. The third-order valence-corrected chi connectivity index (χ3v) is 2.43. The molecule has 16 heavy (non-hydrogen) atoms. The smallest absolute Gasteiger partial charge is 0.407 e. The van der Waals surface area contributed by atoms with Crippen LogP contribution in [-0.2, 0) is 27.3 Å². The first kappa shape index (κ1) is 14.3. The molecule has 1 aromatic heterocycles. The van der Waals surface area contributed by atoms with Crippen molar-refractivity contribution in [3.63, 3.8) is 0 Å². The molecule has 0 aliphatic rings. The fourth-order valence-corrected chi connectivity index (χ4v) is 1.63. The number of rotatable bonds is 3. The van der Waals surface area contributed by atoms with Crippen LogP contribution in [-0.4, -0.2) is 24.3 Å². The maximum atomic E-state index is 10.7. The van der Waals surface area contributed by atoms with Gasteiger partial charge in [0.2, 0.25) is 0 Å². The van der Waals surface area contributed by atoms with Crippen LogP contribution in [0, 0.1) is 0 Å². The van der Waals surface area contributed by atoms with Crippen molar-refractivity contribution in [3.8, 4) is 0 Å². The second kappa shape index (κ2) is 8.58. The van der Waals surface area contributed by atoms with Gasteiger partial charge in [-0.2, -0.15) is 9.59 Å². The predicted octanol–water partition coefficient (Wildman–Crippen LogP) is 0.978. The average molecular weight is 244 g/mol. The van der Waals surface area contributed by atoms with E-state index >= 15 is 0 Å². The van der Waals surface area contributed by atoms with Gasteiger partial charge < -0.3 is 10.1 Å². The van der Waals surface area contributed by atoms with Crippen molar-refractivity contribution in [2.75, 3.05) is 7.11 Å². The van der Waals surface area contributed by atoms with Crippen molar-refractivity contribution in [2.24, 2.45) is 0 Å². The zero-order chi connectivity index (χ0) is 12.4. The third-order valence-electron chi connectivity index (χ3n) is 1.53. The third kappa shape index (κ3) is 5.90. The van der Waals surface area contributed by atoms with Crippen molar-refractivity contribution < 1.29 is 19.1 Å². The molecule has 0 bridgehead atoms. The second-order valence-electron chi connectivity index (χ2n) is 2.51. The molecule has 1 amide bonds. The van der Waals surface area contributed by atoms with Crippen LogP contribution >= 0.6 is 11.3 Å². The van der Waals surface area contributed by atoms with Crippen LogP contribution in [0.5, 0.6) is 0 Å². The standard InChI is InChI=1S/C8H12N2O2S.CO2/c1-3-6-5-13-7(10-6)4-9-8(11)12-2;2-1-3/h5H,3-4H2,1-2H3,(H,9,11);. The van der Waals surface area contributed by atoms with Crippen LogP contribution in [0.4, 0.5) is 4.79 Å². The van der Waals surface area contributed by atoms with Gasteiger partial charge in [0.15, 0.2) is 0 Å². The number of carbonyl (C=O) groups is 1. The van der Waals surface area contributed by atoms with E-state index in [4.69, 9.17) is 9.59 Å². The van der Waals surface area contributed by atoms with E-state index in [2.05, 4.69) is 15.0 Å². The number of carbonyl (C=O) groups excluding carboxylic acids is 3. The molecular weight excluding hydrogens is 232 g/mol. The highest BCUT2D eigenvalue weighted by molar-refractivity contribution is 7.09. The van der Waals surface area contributed by atoms with E-state index in [1.165, 1.54) is 7.11 Å². The van der Waals surface area contributed by atoms with Crippen LogP contribution in [0.3, 0.4) is 0 Å². The Labute approximate surface area is 96.6 Å². The Hall–Kier alpha value is -1.72. The van der Waals surface area contributed by atoms with E-state index in [9.17, 15) is 4.79 Å². The van der Waals surface area contributed by atoms with E-state index < -0.39 is 6.09 Å². The van der Waals surface area contributed by atoms with Crippen LogP contribution in [0.25, 0.3) is 0 Å². The van der Waals surface area contributed by atoms with Gasteiger partial charge in [0.25, 0.3) is 0 Å². The van der Waals surface area contributed by atoms with Gasteiger partial charge >= 0.3 is 12.2 Å². The molecule has 0 aliphatic carbocycles. The number of ether oxygens (including phenoxy) is 1. The summed E-state index contributed by atoms with van der Waals surface area (Å²) < 4.78 is 4.43. The van der Waals surface area contributed by atoms with Crippen LogP contribution in [0.15, 0.2) is 5.38 Å². The molecule has 0 aromatic carbocycles. The molecule has 0 aliphatic heterocycles. The minimum Gasteiger partial charge on any atom is -0.453 e. The van der Waals surface area contributed by atoms with E-state index in [1.54, 1.807) is 11.3 Å². The lowest BCUT2D eigenvalue weighted by Gasteiger charge is -1.99. The van der Waals surface area contributed by atoms with Crippen molar-refractivity contribution >= 4 is 23.6 Å². The fraction of sp³-hybridized carbons (Fsp3) is 0.444. The monoisotopic (exact) mass is 244 g/mol. The van der Waals surface area contributed by atoms with Gasteiger partial charge in [0.1, 0.15) is 5.01 Å². The molecule has 0 saturated carbocycles. The summed E-state index contributed by atoms with van der Waals surface area (Å²) in [6.45, 7) is 2.49. The molecule has 0 atom stereocenters. The van der Waals surface area contributed by atoms with Crippen molar-refractivity contribution in [1.82, 2.24) is 10.3 Å². The van der Waals surface area contributed by atoms with Crippen LogP contribution in [0.2, 0.25) is 0 Å². The minimum atomic E-state index is -0.423. The van der Waals surface area contributed by atoms with Gasteiger partial charge in [-0.1, -0.05) is 6.92 Å². The van der Waals surface area contributed by atoms with Gasteiger partial charge in [-0.25, -0.2) is 9.78 Å². The lowest BCUT2D eigenvalue weighted by Crippen LogP contribution is -2.22. The first-order valence-corrected chi connectivity index (χ1v) is 5.30. The number of amides is 1. The highest BCUT2D eigenvalue weighted by Crippen LogP contribution is 2.09. The highest BCUT2D eigenvalue weighted by atomic mass is 32.1. The maximum Gasteiger partial charge on any atom is 0.407 e. The Morgan fingerprint density at radius 2 is 2.25 bits per heavy atom. The predicted molar refractivity (Wildman–Crippen MR) is 55.7 cm³/mol. The molecule has 0 unspecified atom stereocenters. The zero-order valence-corrected chi connectivity index (χ0v) is 9.80. The molecule has 6 nitrogen and oxygen atoms in total. The lowest BCUT2D eigenvalue weighted by atomic mass is 10.4. The molecule has 7 heteroatoms. The van der Waals surface area contributed by atoms with E-state index in [1.807, 2.05) is 12.3 Å². The number of methoxy groups -OCH3 is 1. The molecule has 1 N–H and O–H groups in total. The SMILES string of the molecule is CCc1csc(CNC(=O)OC)n1.O=C=O. The molecule has 0 spiro atoms. The van der Waals surface area contributed by atoms with Gasteiger partial charge in [-0.05, 0) is 6.42 Å². The second-order valence-corrected chi connectivity index (χ2v) is 3.46. The number of nitrogens with zero attached hydrogens (tertiary/aromatic N) is 1. The molecule has 0 radical (unpaired) electrons. The van der Waals surface area contributed by atoms with Gasteiger partial charge in [0.05, 0.1) is 19.3 Å². The normalized spacial score (nSPS) is 8.38. The maximum absolute atomic E-state index is 10.7. The number of nitrogens with one attached hydrogen (secondary N) is 1. The largest absolute Gasteiger partial charge is 0.453 e. The summed E-state index contributed by atoms with van der Waals surface area (Å²) in [5.74, 6) is 0. The van der Waals surface area contributed by atoms with Crippen LogP contribution < -0.4 is 5.32 Å². The fourth-order valence-electron chi connectivity index (χ4n) is 0.812. The molecular formula is C9H12N2O4S. The molecule has 0 fully saturated rings. The van der Waals surface area contributed by atoms with Gasteiger partial charge in [-0.15, -0.1) is 11.3 Å². The number of hydrogen-bond acceptors (Lipinski definition) is 6. The number of aryl methyl sites for hydroxylation is 1. The summed E-state index contributed by atoms with van der Waals surface area (Å²) in [5.41, 5.74) is 1.06. The number of aromatic nitrogens is 1. The Morgan fingerprint density at radius 1 is 1.62 bits per heavy atom. The Kier molecular flexibility index (Phi) is 7.66. The van der Waals surface area contributed by atoms with Crippen molar-refractivity contribution in [2.45, 2.75) is 19.9 Å². The zero-order valence-electron chi connectivity index (χ0n) is 8.98. The van der Waals surface area contributed by atoms with Gasteiger partial charge in [-0.3, -0.25) is 0 Å². The molecule has 0 saturated heterocycles. The Bertz CT molecular complexity index is 358. The first-order chi connectivity index (χ1) is 7.67. The summed E-state index contributed by atoms with van der Waals surface area (Å²) in [4.78, 5) is 31.2. The van der Waals surface area contributed by atoms with Crippen molar-refractivity contribution in [3.05, 3.63) is 16.1 Å². The summed E-state index contributed by atoms with van der Waals surface area (Å²) in [6, 6.07) is 0. The number of alkyl carbamates (subject to hydrolysis) is 1. The van der Waals surface area contributed by atoms with E-state index in [0.717, 1.165) is 17.1 Å². The molecule has 88 valence electrons. The number of thiazole rings is 1. The summed E-state index contributed by atoms with van der Waals surface area (Å²) in [5, 5.41) is 5.47.